The van der Waals surface area contributed by atoms with E-state index in [1.165, 1.54) is 24.3 Å². The summed E-state index contributed by atoms with van der Waals surface area (Å²) in [4.78, 5) is 21.1. The van der Waals surface area contributed by atoms with Crippen molar-refractivity contribution in [3.8, 4) is 0 Å². The highest BCUT2D eigenvalue weighted by atomic mass is 16.6. The molecule has 0 saturated heterocycles. The molecule has 0 aliphatic heterocycles. The lowest BCUT2D eigenvalue weighted by atomic mass is 10.1. The molecule has 0 radical (unpaired) electrons. The number of likely N-dealkylation sites (N-methyl/N-ethyl adjacent to an activating group) is 1. The molecule has 0 bridgehead atoms. The minimum absolute atomic E-state index is 0.0220. The van der Waals surface area contributed by atoms with Crippen molar-refractivity contribution in [3.05, 3.63) is 39.9 Å². The fraction of sp³-hybridized carbons (Fsp3) is 0.417. The second kappa shape index (κ2) is 7.45. The fourth-order valence-electron chi connectivity index (χ4n) is 1.52. The fourth-order valence-corrected chi connectivity index (χ4v) is 1.52. The lowest BCUT2D eigenvalue weighted by Crippen LogP contribution is -2.35. The number of nitro benzene ring substituents is 1. The van der Waals surface area contributed by atoms with Gasteiger partial charge in [0.1, 0.15) is 0 Å². The van der Waals surface area contributed by atoms with Crippen LogP contribution in [0, 0.1) is 10.1 Å². The second-order valence-corrected chi connectivity index (χ2v) is 3.95. The van der Waals surface area contributed by atoms with E-state index >= 15 is 0 Å². The Bertz CT molecular complexity index is 433. The summed E-state index contributed by atoms with van der Waals surface area (Å²) in [5.41, 5.74) is 0.542. The van der Waals surface area contributed by atoms with Crippen LogP contribution in [0.15, 0.2) is 24.3 Å². The van der Waals surface area contributed by atoms with Crippen LogP contribution in [0.2, 0.25) is 0 Å². The van der Waals surface area contributed by atoms with Gasteiger partial charge in [-0.1, -0.05) is 0 Å². The molecule has 0 spiro atoms. The minimum Gasteiger partial charge on any atom is -0.387 e. The molecule has 0 aliphatic rings. The van der Waals surface area contributed by atoms with Gasteiger partial charge >= 0.3 is 0 Å². The Morgan fingerprint density at radius 1 is 1.42 bits per heavy atom. The summed E-state index contributed by atoms with van der Waals surface area (Å²) >= 11 is 0. The van der Waals surface area contributed by atoms with Crippen molar-refractivity contribution in [2.24, 2.45) is 0 Å². The lowest BCUT2D eigenvalue weighted by Gasteiger charge is -2.11. The van der Waals surface area contributed by atoms with Crippen molar-refractivity contribution in [1.82, 2.24) is 10.6 Å². The Morgan fingerprint density at radius 2 is 2.05 bits per heavy atom. The number of aliphatic hydroxyl groups is 1. The number of rotatable bonds is 7. The quantitative estimate of drug-likeness (QED) is 0.488. The number of nitro groups is 1. The van der Waals surface area contributed by atoms with Gasteiger partial charge in [-0.15, -0.1) is 0 Å². The van der Waals surface area contributed by atoms with Crippen LogP contribution in [-0.4, -0.2) is 35.6 Å². The summed E-state index contributed by atoms with van der Waals surface area (Å²) in [6.45, 7) is 2.71. The molecule has 1 unspecified atom stereocenters. The number of hydrogen-bond acceptors (Lipinski definition) is 5. The van der Waals surface area contributed by atoms with E-state index < -0.39 is 11.0 Å². The van der Waals surface area contributed by atoms with Gasteiger partial charge in [-0.3, -0.25) is 14.9 Å². The molecule has 1 aromatic carbocycles. The molecule has 1 aromatic rings. The average Bonchev–Trinajstić information content (AvgIpc) is 2.39. The highest BCUT2D eigenvalue weighted by molar-refractivity contribution is 5.77. The predicted molar refractivity (Wildman–Crippen MR) is 69.6 cm³/mol. The number of hydrogen-bond donors (Lipinski definition) is 3. The van der Waals surface area contributed by atoms with Crippen molar-refractivity contribution in [1.29, 1.82) is 0 Å². The Hall–Kier alpha value is -1.99. The normalized spacial score (nSPS) is 11.9. The summed E-state index contributed by atoms with van der Waals surface area (Å²) in [5, 5.41) is 25.7. The van der Waals surface area contributed by atoms with Crippen LogP contribution in [0.1, 0.15) is 18.6 Å². The number of nitrogens with zero attached hydrogens (tertiary/aromatic N) is 1. The van der Waals surface area contributed by atoms with Crippen molar-refractivity contribution < 1.29 is 14.8 Å². The maximum atomic E-state index is 11.2. The van der Waals surface area contributed by atoms with Crippen molar-refractivity contribution in [3.63, 3.8) is 0 Å². The van der Waals surface area contributed by atoms with Crippen molar-refractivity contribution >= 4 is 11.6 Å². The summed E-state index contributed by atoms with van der Waals surface area (Å²) in [7, 11) is 0. The summed E-state index contributed by atoms with van der Waals surface area (Å²) in [6, 6.07) is 5.66. The van der Waals surface area contributed by atoms with E-state index in [2.05, 4.69) is 10.6 Å². The molecular weight excluding hydrogens is 250 g/mol. The number of amides is 1. The summed E-state index contributed by atoms with van der Waals surface area (Å²) in [5.74, 6) is -0.140. The number of non-ortho nitro benzene ring substituents is 1. The zero-order valence-corrected chi connectivity index (χ0v) is 10.6. The molecule has 0 saturated carbocycles. The van der Waals surface area contributed by atoms with Crippen LogP contribution in [0.5, 0.6) is 0 Å². The molecule has 19 heavy (non-hydrogen) atoms. The molecule has 1 atom stereocenters. The van der Waals surface area contributed by atoms with Gasteiger partial charge in [-0.2, -0.15) is 0 Å². The molecule has 7 heteroatoms. The summed E-state index contributed by atoms with van der Waals surface area (Å²) in [6.07, 6.45) is -0.810. The van der Waals surface area contributed by atoms with Crippen LogP contribution in [-0.2, 0) is 4.79 Å². The van der Waals surface area contributed by atoms with Crippen LogP contribution < -0.4 is 10.6 Å². The molecule has 0 aromatic heterocycles. The van der Waals surface area contributed by atoms with Gasteiger partial charge in [0.25, 0.3) is 5.69 Å². The Labute approximate surface area is 110 Å². The smallest absolute Gasteiger partial charge is 0.269 e. The molecule has 1 amide bonds. The van der Waals surface area contributed by atoms with Crippen LogP contribution in [0.25, 0.3) is 0 Å². The maximum absolute atomic E-state index is 11.2. The van der Waals surface area contributed by atoms with E-state index in [4.69, 9.17) is 0 Å². The largest absolute Gasteiger partial charge is 0.387 e. The highest BCUT2D eigenvalue weighted by Crippen LogP contribution is 2.17. The molecule has 7 nitrogen and oxygen atoms in total. The lowest BCUT2D eigenvalue weighted by molar-refractivity contribution is -0.384. The van der Waals surface area contributed by atoms with Gasteiger partial charge in [0, 0.05) is 25.2 Å². The van der Waals surface area contributed by atoms with E-state index in [1.54, 1.807) is 0 Å². The highest BCUT2D eigenvalue weighted by Gasteiger charge is 2.10. The SMILES string of the molecule is CCNC(=O)CNCC(O)c1ccc([N+](=O)[O-])cc1. The number of carbonyl (C=O) groups excluding carboxylic acids is 1. The maximum Gasteiger partial charge on any atom is 0.269 e. The molecule has 0 heterocycles. The van der Waals surface area contributed by atoms with Gasteiger partial charge in [0.05, 0.1) is 17.6 Å². The number of nitrogens with one attached hydrogen (secondary N) is 2. The predicted octanol–water partition coefficient (Wildman–Crippen LogP) is 0.354. The minimum atomic E-state index is -0.810. The van der Waals surface area contributed by atoms with Gasteiger partial charge in [-0.05, 0) is 24.6 Å². The topological polar surface area (TPSA) is 104 Å². The zero-order chi connectivity index (χ0) is 14.3. The van der Waals surface area contributed by atoms with Crippen LogP contribution in [0.4, 0.5) is 5.69 Å². The number of carbonyl (C=O) groups is 1. The second-order valence-electron chi connectivity index (χ2n) is 3.95. The van der Waals surface area contributed by atoms with Crippen molar-refractivity contribution in [2.75, 3.05) is 19.6 Å². The van der Waals surface area contributed by atoms with Gasteiger partial charge in [0.2, 0.25) is 5.91 Å². The van der Waals surface area contributed by atoms with E-state index in [0.717, 1.165) is 0 Å². The number of benzene rings is 1. The molecule has 0 aliphatic carbocycles. The molecule has 3 N–H and O–H groups in total. The first-order valence-corrected chi connectivity index (χ1v) is 5.94. The van der Waals surface area contributed by atoms with Crippen LogP contribution in [0.3, 0.4) is 0 Å². The van der Waals surface area contributed by atoms with Crippen molar-refractivity contribution in [2.45, 2.75) is 13.0 Å². The third-order valence-corrected chi connectivity index (χ3v) is 2.49. The van der Waals surface area contributed by atoms with Crippen LogP contribution >= 0.6 is 0 Å². The monoisotopic (exact) mass is 267 g/mol. The van der Waals surface area contributed by atoms with Gasteiger partial charge in [0.15, 0.2) is 0 Å². The van der Waals surface area contributed by atoms with E-state index in [1.807, 2.05) is 6.92 Å². The van der Waals surface area contributed by atoms with E-state index in [9.17, 15) is 20.0 Å². The molecule has 104 valence electrons. The average molecular weight is 267 g/mol. The molecule has 0 fully saturated rings. The zero-order valence-electron chi connectivity index (χ0n) is 10.6. The first kappa shape index (κ1) is 15.1. The van der Waals surface area contributed by atoms with E-state index in [-0.39, 0.29) is 24.7 Å². The first-order chi connectivity index (χ1) is 9.04. The Morgan fingerprint density at radius 3 is 2.58 bits per heavy atom. The van der Waals surface area contributed by atoms with E-state index in [0.29, 0.717) is 12.1 Å². The standard InChI is InChI=1S/C12H17N3O4/c1-2-14-12(17)8-13-7-11(16)9-3-5-10(6-4-9)15(18)19/h3-6,11,13,16H,2,7-8H2,1H3,(H,14,17). The van der Waals surface area contributed by atoms with Gasteiger partial charge in [-0.25, -0.2) is 0 Å². The Balaban J connectivity index is 2.43. The third kappa shape index (κ3) is 5.02. The number of aliphatic hydroxyl groups excluding tert-OH is 1. The third-order valence-electron chi connectivity index (χ3n) is 2.49. The molecular formula is C12H17N3O4. The first-order valence-electron chi connectivity index (χ1n) is 5.94. The summed E-state index contributed by atoms with van der Waals surface area (Å²) < 4.78 is 0. The molecule has 1 rings (SSSR count). The van der Waals surface area contributed by atoms with Gasteiger partial charge < -0.3 is 15.7 Å². The Kier molecular flexibility index (Phi) is 5.91.